The van der Waals surface area contributed by atoms with Gasteiger partial charge in [0.15, 0.2) is 0 Å². The molecule has 1 aliphatic carbocycles. The molecule has 1 aromatic carbocycles. The van der Waals surface area contributed by atoms with Gasteiger partial charge in [-0.3, -0.25) is 0 Å². The number of aromatic nitrogens is 2. The zero-order valence-corrected chi connectivity index (χ0v) is 12.5. The molecule has 1 aromatic heterocycles. The summed E-state index contributed by atoms with van der Waals surface area (Å²) in [5.41, 5.74) is 6.61. The molecular weight excluding hydrogens is 268 g/mol. The number of benzene rings is 1. The molecule has 0 bridgehead atoms. The third kappa shape index (κ3) is 2.51. The maximum Gasteiger partial charge on any atom is 0.147 e. The molecular formula is C15H18N4S. The van der Waals surface area contributed by atoms with Crippen LogP contribution >= 0.6 is 11.8 Å². The minimum absolute atomic E-state index is 0.696. The topological polar surface area (TPSA) is 63.8 Å². The third-order valence-electron chi connectivity index (χ3n) is 3.63. The summed E-state index contributed by atoms with van der Waals surface area (Å²) in [6.45, 7) is 3.87. The molecule has 0 radical (unpaired) electrons. The maximum atomic E-state index is 5.51. The molecule has 0 unspecified atom stereocenters. The lowest BCUT2D eigenvalue weighted by atomic mass is 10.1. The fourth-order valence-corrected chi connectivity index (χ4v) is 3.55. The average molecular weight is 286 g/mol. The van der Waals surface area contributed by atoms with Crippen LogP contribution in [-0.2, 0) is 12.8 Å². The molecule has 0 atom stereocenters. The average Bonchev–Trinajstić information content (AvgIpc) is 2.90. The lowest BCUT2D eigenvalue weighted by Crippen LogP contribution is -2.12. The molecule has 2 aromatic rings. The van der Waals surface area contributed by atoms with E-state index in [0.29, 0.717) is 5.82 Å². The lowest BCUT2D eigenvalue weighted by molar-refractivity contribution is 0.911. The number of hydrazine groups is 1. The van der Waals surface area contributed by atoms with Crippen LogP contribution < -0.4 is 11.3 Å². The predicted molar refractivity (Wildman–Crippen MR) is 81.9 cm³/mol. The molecule has 3 rings (SSSR count). The molecule has 104 valence electrons. The Morgan fingerprint density at radius 3 is 2.75 bits per heavy atom. The van der Waals surface area contributed by atoms with Crippen molar-refractivity contribution in [2.24, 2.45) is 5.84 Å². The van der Waals surface area contributed by atoms with E-state index in [0.717, 1.165) is 16.4 Å². The fraction of sp³-hybridized carbons (Fsp3) is 0.333. The SMILES string of the molecule is Cc1nc(NN)c(C)c(Sc2ccc3c(c2)CCC3)n1. The number of nitrogens with two attached hydrogens (primary N) is 1. The van der Waals surface area contributed by atoms with Crippen molar-refractivity contribution in [3.8, 4) is 0 Å². The second kappa shape index (κ2) is 5.42. The highest BCUT2D eigenvalue weighted by molar-refractivity contribution is 7.99. The Balaban J connectivity index is 1.93. The van der Waals surface area contributed by atoms with E-state index in [2.05, 4.69) is 33.6 Å². The number of nitrogens with one attached hydrogen (secondary N) is 1. The first kappa shape index (κ1) is 13.4. The third-order valence-corrected chi connectivity index (χ3v) is 4.71. The first-order chi connectivity index (χ1) is 9.67. The van der Waals surface area contributed by atoms with E-state index >= 15 is 0 Å². The molecule has 5 heteroatoms. The van der Waals surface area contributed by atoms with Crippen LogP contribution in [0.3, 0.4) is 0 Å². The number of aryl methyl sites for hydroxylation is 3. The van der Waals surface area contributed by atoms with E-state index in [-0.39, 0.29) is 0 Å². The Hall–Kier alpha value is -1.59. The van der Waals surface area contributed by atoms with Crippen molar-refractivity contribution in [2.75, 3.05) is 5.43 Å². The first-order valence-corrected chi connectivity index (χ1v) is 7.60. The lowest BCUT2D eigenvalue weighted by Gasteiger charge is -2.10. The summed E-state index contributed by atoms with van der Waals surface area (Å²) in [6, 6.07) is 6.72. The van der Waals surface area contributed by atoms with Crippen molar-refractivity contribution in [1.82, 2.24) is 9.97 Å². The fourth-order valence-electron chi connectivity index (χ4n) is 2.57. The van der Waals surface area contributed by atoms with Crippen LogP contribution in [0.25, 0.3) is 0 Å². The summed E-state index contributed by atoms with van der Waals surface area (Å²) in [6.07, 6.45) is 3.69. The van der Waals surface area contributed by atoms with Gasteiger partial charge in [0.25, 0.3) is 0 Å². The summed E-state index contributed by atoms with van der Waals surface area (Å²) in [4.78, 5) is 10.0. The van der Waals surface area contributed by atoms with E-state index < -0.39 is 0 Å². The number of hydrogen-bond donors (Lipinski definition) is 2. The van der Waals surface area contributed by atoms with Gasteiger partial charge in [0.05, 0.1) is 0 Å². The van der Waals surface area contributed by atoms with Crippen LogP contribution in [0, 0.1) is 13.8 Å². The molecule has 3 N–H and O–H groups in total. The molecule has 1 heterocycles. The minimum Gasteiger partial charge on any atom is -0.308 e. The zero-order chi connectivity index (χ0) is 14.1. The van der Waals surface area contributed by atoms with Gasteiger partial charge in [-0.15, -0.1) is 0 Å². The van der Waals surface area contributed by atoms with E-state index in [1.165, 1.54) is 35.3 Å². The monoisotopic (exact) mass is 286 g/mol. The van der Waals surface area contributed by atoms with Crippen LogP contribution in [-0.4, -0.2) is 9.97 Å². The Bertz CT molecular complexity index is 655. The number of anilines is 1. The van der Waals surface area contributed by atoms with Gasteiger partial charge in [-0.05, 0) is 56.4 Å². The van der Waals surface area contributed by atoms with Gasteiger partial charge in [0.2, 0.25) is 0 Å². The highest BCUT2D eigenvalue weighted by Gasteiger charge is 2.13. The van der Waals surface area contributed by atoms with Gasteiger partial charge in [-0.25, -0.2) is 15.8 Å². The van der Waals surface area contributed by atoms with Crippen molar-refractivity contribution in [3.63, 3.8) is 0 Å². The zero-order valence-electron chi connectivity index (χ0n) is 11.7. The Morgan fingerprint density at radius 1 is 1.15 bits per heavy atom. The van der Waals surface area contributed by atoms with Crippen molar-refractivity contribution < 1.29 is 0 Å². The highest BCUT2D eigenvalue weighted by atomic mass is 32.2. The van der Waals surface area contributed by atoms with Gasteiger partial charge >= 0.3 is 0 Å². The molecule has 0 amide bonds. The predicted octanol–water partition coefficient (Wildman–Crippen LogP) is 3.02. The van der Waals surface area contributed by atoms with E-state index in [1.54, 1.807) is 11.8 Å². The molecule has 1 aliphatic rings. The maximum absolute atomic E-state index is 5.51. The van der Waals surface area contributed by atoms with E-state index in [9.17, 15) is 0 Å². The smallest absolute Gasteiger partial charge is 0.147 e. The largest absolute Gasteiger partial charge is 0.308 e. The van der Waals surface area contributed by atoms with Crippen LogP contribution in [0.15, 0.2) is 28.1 Å². The van der Waals surface area contributed by atoms with Crippen LogP contribution in [0.2, 0.25) is 0 Å². The van der Waals surface area contributed by atoms with E-state index in [1.807, 2.05) is 13.8 Å². The summed E-state index contributed by atoms with van der Waals surface area (Å²) in [5, 5.41) is 0.961. The van der Waals surface area contributed by atoms with Crippen LogP contribution in [0.5, 0.6) is 0 Å². The summed E-state index contributed by atoms with van der Waals surface area (Å²) >= 11 is 1.68. The highest BCUT2D eigenvalue weighted by Crippen LogP contribution is 2.34. The second-order valence-corrected chi connectivity index (χ2v) is 6.14. The molecule has 20 heavy (non-hydrogen) atoms. The van der Waals surface area contributed by atoms with Gasteiger partial charge in [0.1, 0.15) is 16.7 Å². The number of nitrogens with zero attached hydrogens (tertiary/aromatic N) is 2. The normalized spacial score (nSPS) is 13.3. The van der Waals surface area contributed by atoms with Gasteiger partial charge in [-0.2, -0.15) is 0 Å². The molecule has 0 spiro atoms. The van der Waals surface area contributed by atoms with Gasteiger partial charge < -0.3 is 5.43 Å². The van der Waals surface area contributed by atoms with Crippen LogP contribution in [0.1, 0.15) is 28.9 Å². The Morgan fingerprint density at radius 2 is 1.95 bits per heavy atom. The summed E-state index contributed by atoms with van der Waals surface area (Å²) in [5.74, 6) is 6.93. The molecule has 0 fully saturated rings. The van der Waals surface area contributed by atoms with E-state index in [4.69, 9.17) is 5.84 Å². The summed E-state index contributed by atoms with van der Waals surface area (Å²) in [7, 11) is 0. The Kier molecular flexibility index (Phi) is 3.63. The second-order valence-electron chi connectivity index (χ2n) is 5.08. The van der Waals surface area contributed by atoms with Crippen molar-refractivity contribution in [1.29, 1.82) is 0 Å². The van der Waals surface area contributed by atoms with Gasteiger partial charge in [0, 0.05) is 10.5 Å². The number of fused-ring (bicyclic) bond motifs is 1. The van der Waals surface area contributed by atoms with Gasteiger partial charge in [-0.1, -0.05) is 17.8 Å². The van der Waals surface area contributed by atoms with Crippen molar-refractivity contribution >= 4 is 17.6 Å². The minimum atomic E-state index is 0.696. The number of nitrogen functional groups attached to an aromatic ring is 1. The van der Waals surface area contributed by atoms with Crippen molar-refractivity contribution in [2.45, 2.75) is 43.0 Å². The molecule has 0 aliphatic heterocycles. The Labute approximate surface area is 123 Å². The first-order valence-electron chi connectivity index (χ1n) is 6.79. The summed E-state index contributed by atoms with van der Waals surface area (Å²) < 4.78 is 0. The quantitative estimate of drug-likeness (QED) is 0.516. The van der Waals surface area contributed by atoms with Crippen molar-refractivity contribution in [3.05, 3.63) is 40.7 Å². The number of rotatable bonds is 3. The number of hydrogen-bond acceptors (Lipinski definition) is 5. The molecule has 0 saturated heterocycles. The molecule has 0 saturated carbocycles. The molecule has 4 nitrogen and oxygen atoms in total. The van der Waals surface area contributed by atoms with Crippen LogP contribution in [0.4, 0.5) is 5.82 Å². The standard InChI is InChI=1S/C15H18N4S/c1-9-14(19-16)17-10(2)18-15(9)20-13-7-6-11-4-3-5-12(11)8-13/h6-8H,3-5,16H2,1-2H3,(H,17,18,19).